The molecule has 0 atom stereocenters. The van der Waals surface area contributed by atoms with Crippen molar-refractivity contribution in [1.82, 2.24) is 4.98 Å². The lowest BCUT2D eigenvalue weighted by Gasteiger charge is -2.11. The molecule has 3 heteroatoms. The van der Waals surface area contributed by atoms with Crippen LogP contribution in [0.15, 0.2) is 60.7 Å². The molecule has 0 N–H and O–H groups in total. The molecule has 3 aromatic rings. The van der Waals surface area contributed by atoms with Crippen molar-refractivity contribution in [3.05, 3.63) is 77.5 Å². The van der Waals surface area contributed by atoms with Gasteiger partial charge < -0.3 is 4.74 Å². The van der Waals surface area contributed by atoms with Crippen LogP contribution in [0.3, 0.4) is 0 Å². The number of pyridine rings is 1. The Morgan fingerprint density at radius 3 is 2.48 bits per heavy atom. The predicted molar refractivity (Wildman–Crippen MR) is 90.4 cm³/mol. The minimum atomic E-state index is 0.583. The average Bonchev–Trinajstić information content (AvgIpc) is 2.57. The molecule has 3 nitrogen and oxygen atoms in total. The monoisotopic (exact) mass is 300 g/mol. The Hall–Kier alpha value is -3.12. The number of nitrogens with zero attached hydrogens (tertiary/aromatic N) is 2. The summed E-state index contributed by atoms with van der Waals surface area (Å²) in [5, 5.41) is 9.04. The zero-order valence-corrected chi connectivity index (χ0v) is 13.1. The molecule has 0 bridgehead atoms. The van der Waals surface area contributed by atoms with Crippen molar-refractivity contribution in [3.63, 3.8) is 0 Å². The van der Waals surface area contributed by atoms with Gasteiger partial charge in [-0.15, -0.1) is 0 Å². The number of rotatable bonds is 3. The van der Waals surface area contributed by atoms with Crippen molar-refractivity contribution in [3.8, 4) is 28.8 Å². The maximum Gasteiger partial charge on any atom is 0.131 e. The third-order valence-corrected chi connectivity index (χ3v) is 3.54. The van der Waals surface area contributed by atoms with Crippen LogP contribution in [0.25, 0.3) is 11.3 Å². The molecular weight excluding hydrogens is 284 g/mol. The Kier molecular flexibility index (Phi) is 4.07. The van der Waals surface area contributed by atoms with Crippen molar-refractivity contribution in [2.45, 2.75) is 13.8 Å². The van der Waals surface area contributed by atoms with Crippen LogP contribution in [0.1, 0.15) is 16.8 Å². The second-order valence-electron chi connectivity index (χ2n) is 5.39. The van der Waals surface area contributed by atoms with Crippen LogP contribution >= 0.6 is 0 Å². The molecule has 1 aromatic heterocycles. The van der Waals surface area contributed by atoms with Crippen molar-refractivity contribution < 1.29 is 4.74 Å². The van der Waals surface area contributed by atoms with E-state index in [0.717, 1.165) is 28.3 Å². The highest BCUT2D eigenvalue weighted by atomic mass is 16.5. The SMILES string of the molecule is Cc1cc(Oc2cc(C#N)ccc2C)cc(-c2ccccc2)n1. The number of benzene rings is 2. The van der Waals surface area contributed by atoms with Gasteiger partial charge in [0, 0.05) is 23.4 Å². The normalized spacial score (nSPS) is 10.1. The molecule has 2 aromatic carbocycles. The third-order valence-electron chi connectivity index (χ3n) is 3.54. The lowest BCUT2D eigenvalue weighted by molar-refractivity contribution is 0.478. The largest absolute Gasteiger partial charge is 0.457 e. The minimum Gasteiger partial charge on any atom is -0.457 e. The highest BCUT2D eigenvalue weighted by Gasteiger charge is 2.07. The van der Waals surface area contributed by atoms with E-state index in [2.05, 4.69) is 11.1 Å². The average molecular weight is 300 g/mol. The molecule has 0 unspecified atom stereocenters. The molecule has 0 saturated heterocycles. The Morgan fingerprint density at radius 1 is 0.957 bits per heavy atom. The summed E-state index contributed by atoms with van der Waals surface area (Å²) in [7, 11) is 0. The van der Waals surface area contributed by atoms with Gasteiger partial charge in [-0.25, -0.2) is 0 Å². The number of nitriles is 1. The second-order valence-corrected chi connectivity index (χ2v) is 5.39. The van der Waals surface area contributed by atoms with E-state index in [0.29, 0.717) is 11.3 Å². The molecule has 0 aliphatic heterocycles. The van der Waals surface area contributed by atoms with Crippen LogP contribution in [-0.2, 0) is 0 Å². The molecule has 0 saturated carbocycles. The molecule has 23 heavy (non-hydrogen) atoms. The van der Waals surface area contributed by atoms with Crippen LogP contribution in [0.2, 0.25) is 0 Å². The van der Waals surface area contributed by atoms with Crippen LogP contribution < -0.4 is 4.74 Å². The third kappa shape index (κ3) is 3.38. The quantitative estimate of drug-likeness (QED) is 0.681. The van der Waals surface area contributed by atoms with Gasteiger partial charge in [0.1, 0.15) is 11.5 Å². The maximum absolute atomic E-state index is 9.04. The van der Waals surface area contributed by atoms with Gasteiger partial charge in [-0.1, -0.05) is 36.4 Å². The molecule has 3 rings (SSSR count). The number of ether oxygens (including phenoxy) is 1. The predicted octanol–water partition coefficient (Wildman–Crippen LogP) is 5.03. The van der Waals surface area contributed by atoms with Gasteiger partial charge in [0.25, 0.3) is 0 Å². The zero-order valence-electron chi connectivity index (χ0n) is 13.1. The molecule has 0 aliphatic carbocycles. The Morgan fingerprint density at radius 2 is 1.74 bits per heavy atom. The van der Waals surface area contributed by atoms with Gasteiger partial charge in [0.15, 0.2) is 0 Å². The molecular formula is C20H16N2O. The van der Waals surface area contributed by atoms with E-state index in [-0.39, 0.29) is 0 Å². The summed E-state index contributed by atoms with van der Waals surface area (Å²) in [5.74, 6) is 1.41. The summed E-state index contributed by atoms with van der Waals surface area (Å²) in [5.41, 5.74) is 4.37. The molecule has 0 spiro atoms. The molecule has 0 amide bonds. The lowest BCUT2D eigenvalue weighted by Crippen LogP contribution is -1.93. The first-order valence-electron chi connectivity index (χ1n) is 7.38. The summed E-state index contributed by atoms with van der Waals surface area (Å²) in [4.78, 5) is 4.57. The number of hydrogen-bond acceptors (Lipinski definition) is 3. The molecule has 1 heterocycles. The van der Waals surface area contributed by atoms with Crippen molar-refractivity contribution in [2.24, 2.45) is 0 Å². The lowest BCUT2D eigenvalue weighted by atomic mass is 10.1. The minimum absolute atomic E-state index is 0.583. The van der Waals surface area contributed by atoms with Crippen molar-refractivity contribution >= 4 is 0 Å². The maximum atomic E-state index is 9.04. The zero-order chi connectivity index (χ0) is 16.2. The fraction of sp³-hybridized carbons (Fsp3) is 0.100. The first kappa shape index (κ1) is 14.8. The molecule has 0 fully saturated rings. The van der Waals surface area contributed by atoms with Crippen LogP contribution in [0, 0.1) is 25.2 Å². The van der Waals surface area contributed by atoms with E-state index in [9.17, 15) is 0 Å². The van der Waals surface area contributed by atoms with E-state index in [4.69, 9.17) is 10.00 Å². The van der Waals surface area contributed by atoms with Gasteiger partial charge >= 0.3 is 0 Å². The highest BCUT2D eigenvalue weighted by Crippen LogP contribution is 2.29. The topological polar surface area (TPSA) is 45.9 Å². The van der Waals surface area contributed by atoms with Crippen LogP contribution in [0.5, 0.6) is 11.5 Å². The first-order chi connectivity index (χ1) is 11.2. The summed E-state index contributed by atoms with van der Waals surface area (Å²) in [6.07, 6.45) is 0. The van der Waals surface area contributed by atoms with Crippen molar-refractivity contribution in [1.29, 1.82) is 5.26 Å². The number of aromatic nitrogens is 1. The van der Waals surface area contributed by atoms with E-state index in [1.54, 1.807) is 12.1 Å². The van der Waals surface area contributed by atoms with Crippen LogP contribution in [0.4, 0.5) is 0 Å². The van der Waals surface area contributed by atoms with Gasteiger partial charge in [0.2, 0.25) is 0 Å². The summed E-state index contributed by atoms with van der Waals surface area (Å²) < 4.78 is 6.00. The van der Waals surface area contributed by atoms with Gasteiger partial charge in [-0.2, -0.15) is 5.26 Å². The van der Waals surface area contributed by atoms with E-state index in [1.165, 1.54) is 0 Å². The fourth-order valence-corrected chi connectivity index (χ4v) is 2.36. The second kappa shape index (κ2) is 6.33. The smallest absolute Gasteiger partial charge is 0.131 e. The highest BCUT2D eigenvalue weighted by molar-refractivity contribution is 5.61. The molecule has 0 aliphatic rings. The van der Waals surface area contributed by atoms with Gasteiger partial charge in [-0.05, 0) is 31.5 Å². The number of aryl methyl sites for hydroxylation is 2. The van der Waals surface area contributed by atoms with Crippen LogP contribution in [-0.4, -0.2) is 4.98 Å². The Balaban J connectivity index is 1.98. The number of hydrogen-bond donors (Lipinski definition) is 0. The summed E-state index contributed by atoms with van der Waals surface area (Å²) in [6, 6.07) is 21.4. The van der Waals surface area contributed by atoms with E-state index in [1.807, 2.05) is 62.4 Å². The fourth-order valence-electron chi connectivity index (χ4n) is 2.36. The van der Waals surface area contributed by atoms with E-state index < -0.39 is 0 Å². The molecule has 0 radical (unpaired) electrons. The van der Waals surface area contributed by atoms with Crippen molar-refractivity contribution in [2.75, 3.05) is 0 Å². The van der Waals surface area contributed by atoms with Gasteiger partial charge in [0.05, 0.1) is 17.3 Å². The Labute approximate surface area is 135 Å². The first-order valence-corrected chi connectivity index (χ1v) is 7.38. The van der Waals surface area contributed by atoms with Gasteiger partial charge in [-0.3, -0.25) is 4.98 Å². The Bertz CT molecular complexity index is 880. The standard InChI is InChI=1S/C20H16N2O/c1-14-8-9-16(13-21)11-20(14)23-18-10-15(2)22-19(12-18)17-6-4-3-5-7-17/h3-12H,1-2H3. The molecule has 112 valence electrons. The van der Waals surface area contributed by atoms with E-state index >= 15 is 0 Å². The summed E-state index contributed by atoms with van der Waals surface area (Å²) >= 11 is 0. The summed E-state index contributed by atoms with van der Waals surface area (Å²) in [6.45, 7) is 3.90.